The van der Waals surface area contributed by atoms with E-state index in [1.165, 1.54) is 53.0 Å². The van der Waals surface area contributed by atoms with Gasteiger partial charge in [-0.25, -0.2) is 0 Å². The van der Waals surface area contributed by atoms with Crippen molar-refractivity contribution in [1.82, 2.24) is 0 Å². The average Bonchev–Trinajstić information content (AvgIpc) is 3.33. The van der Waals surface area contributed by atoms with Crippen molar-refractivity contribution in [3.8, 4) is 0 Å². The summed E-state index contributed by atoms with van der Waals surface area (Å²) in [5.41, 5.74) is 7.43. The average molecular weight is 954 g/mol. The van der Waals surface area contributed by atoms with Gasteiger partial charge in [-0.3, -0.25) is 0 Å². The van der Waals surface area contributed by atoms with Gasteiger partial charge in [0.25, 0.3) is 0 Å². The predicted octanol–water partition coefficient (Wildman–Crippen LogP) is 11.1. The van der Waals surface area contributed by atoms with Crippen LogP contribution in [0.5, 0.6) is 0 Å². The molecule has 1 radical (unpaired) electrons. The molecule has 0 aromatic heterocycles. The number of anilines is 3. The monoisotopic (exact) mass is 954 g/mol. The number of allylic oxidation sites excluding steroid dienone is 3. The van der Waals surface area contributed by atoms with Crippen LogP contribution in [0.2, 0.25) is 0 Å². The van der Waals surface area contributed by atoms with Crippen molar-refractivity contribution in [2.45, 2.75) is 113 Å². The van der Waals surface area contributed by atoms with E-state index in [4.69, 9.17) is 0 Å². The molecule has 0 amide bonds. The molecule has 365 valence electrons. The van der Waals surface area contributed by atoms with Crippen LogP contribution in [0.25, 0.3) is 34.2 Å². The van der Waals surface area contributed by atoms with Crippen LogP contribution in [0.4, 0.5) is 17.1 Å². The fraction of sp³-hybridized carbons (Fsp3) is 0.579. The maximum absolute atomic E-state index is 10.2. The summed E-state index contributed by atoms with van der Waals surface area (Å²) in [4.78, 5) is 6.35. The van der Waals surface area contributed by atoms with Gasteiger partial charge in [-0.05, 0) is 108 Å². The van der Waals surface area contributed by atoms with E-state index in [9.17, 15) is 15.3 Å². The zero-order valence-corrected chi connectivity index (χ0v) is 42.4. The molecule has 3 N–H and O–H groups in total. The van der Waals surface area contributed by atoms with Crippen molar-refractivity contribution in [2.75, 3.05) is 76.6 Å². The van der Waals surface area contributed by atoms with Gasteiger partial charge in [0.1, 0.15) is 0 Å². The molecule has 0 spiro atoms. The summed E-state index contributed by atoms with van der Waals surface area (Å²) in [5.74, 6) is 3.29. The molecule has 3 saturated carbocycles. The van der Waals surface area contributed by atoms with Crippen molar-refractivity contribution in [2.24, 2.45) is 35.5 Å². The van der Waals surface area contributed by atoms with Gasteiger partial charge in [-0.1, -0.05) is 131 Å². The van der Waals surface area contributed by atoms with Crippen molar-refractivity contribution in [1.29, 1.82) is 0 Å². The van der Waals surface area contributed by atoms with Crippen molar-refractivity contribution < 1.29 is 32.4 Å². The topological polar surface area (TPSA) is 113 Å². The summed E-state index contributed by atoms with van der Waals surface area (Å²) in [6.45, 7) is 2.69. The second kappa shape index (κ2) is 26.0. The molecular formula is C57H81FeN6O3. The Kier molecular flexibility index (Phi) is 20.5. The third-order valence-corrected chi connectivity index (χ3v) is 15.5. The molecule has 9 rings (SSSR count). The molecule has 67 heavy (non-hydrogen) atoms. The molecular weight excluding hydrogens is 873 g/mol. The van der Waals surface area contributed by atoms with Crippen molar-refractivity contribution in [3.05, 3.63) is 124 Å². The van der Waals surface area contributed by atoms with E-state index >= 15 is 0 Å². The van der Waals surface area contributed by atoms with E-state index in [1.54, 1.807) is 0 Å². The first-order chi connectivity index (χ1) is 31.9. The zero-order valence-electron chi connectivity index (χ0n) is 41.3. The molecule has 3 aliphatic carbocycles. The molecule has 12 atom stereocenters. The van der Waals surface area contributed by atoms with E-state index in [0.29, 0.717) is 35.5 Å². The first-order valence-corrected chi connectivity index (χ1v) is 25.4. The molecule has 0 bridgehead atoms. The molecule has 6 fully saturated rings. The first-order valence-electron chi connectivity index (χ1n) is 25.4. The van der Waals surface area contributed by atoms with Gasteiger partial charge < -0.3 is 46.0 Å². The maximum atomic E-state index is 10.2. The summed E-state index contributed by atoms with van der Waals surface area (Å²) in [7, 11) is 12.4. The van der Waals surface area contributed by atoms with Gasteiger partial charge >= 0.3 is 17.1 Å². The van der Waals surface area contributed by atoms with E-state index in [1.807, 2.05) is 0 Å². The SMILES string of the molecule is CN(C)c1ccc(/C=C/C2CC[N-]C3C(O)CCCC23)cc1.CN(C)c1ccc(/C=C/C2CC[N-]C3C(O)CCCC23)cc1.CN(C)c1ccc(/C=C/C2CC[N-]C3C(O)CCCC23)cc1.[Fe+3]. The van der Waals surface area contributed by atoms with E-state index in [-0.39, 0.29) is 53.5 Å². The second-order valence-corrected chi connectivity index (χ2v) is 20.6. The fourth-order valence-electron chi connectivity index (χ4n) is 11.6. The zero-order chi connectivity index (χ0) is 46.6. The Bertz CT molecular complexity index is 1760. The number of rotatable bonds is 9. The van der Waals surface area contributed by atoms with Crippen LogP contribution in [0.15, 0.2) is 91.0 Å². The van der Waals surface area contributed by atoms with Crippen molar-refractivity contribution in [3.63, 3.8) is 0 Å². The number of aliphatic hydroxyl groups is 3. The smallest absolute Gasteiger partial charge is 0.657 e. The molecule has 10 heteroatoms. The van der Waals surface area contributed by atoms with Gasteiger partial charge in [0, 0.05) is 77.7 Å². The molecule has 3 aromatic rings. The summed E-state index contributed by atoms with van der Waals surface area (Å²) < 4.78 is 0. The minimum absolute atomic E-state index is 0. The Morgan fingerprint density at radius 3 is 0.881 bits per heavy atom. The van der Waals surface area contributed by atoms with E-state index in [2.05, 4.69) is 182 Å². The molecule has 3 saturated heterocycles. The molecule has 6 aliphatic rings. The van der Waals surface area contributed by atoms with Gasteiger partial charge in [0.15, 0.2) is 0 Å². The fourth-order valence-corrected chi connectivity index (χ4v) is 11.6. The quantitative estimate of drug-likeness (QED) is 0.184. The number of hydrogen-bond acceptors (Lipinski definition) is 6. The normalized spacial score (nSPS) is 31.5. The van der Waals surface area contributed by atoms with Gasteiger partial charge in [0.2, 0.25) is 0 Å². The van der Waals surface area contributed by atoms with E-state index in [0.717, 1.165) is 77.4 Å². The Balaban J connectivity index is 0.000000165. The van der Waals surface area contributed by atoms with Gasteiger partial charge in [-0.2, -0.15) is 0 Å². The number of nitrogens with zero attached hydrogens (tertiary/aromatic N) is 6. The van der Waals surface area contributed by atoms with Crippen LogP contribution in [-0.2, 0) is 17.1 Å². The van der Waals surface area contributed by atoms with Crippen LogP contribution in [-0.4, -0.2) is 114 Å². The number of hydrogen-bond donors (Lipinski definition) is 3. The van der Waals surface area contributed by atoms with Crippen LogP contribution in [0.3, 0.4) is 0 Å². The number of piperidine rings is 3. The maximum Gasteiger partial charge on any atom is 3.00 e. The Morgan fingerprint density at radius 1 is 0.388 bits per heavy atom. The first kappa shape index (κ1) is 52.9. The standard InChI is InChI=1S/3C19H27N2O.Fe/c3*1-21(2)16-10-7-14(8-11-16)6-9-15-12-13-20-19-17(15)4-3-5-18(19)22;/h3*6-11,15,17-19,22H,3-5,12-13H2,1-2H3;/q3*-1;+3/b3*9-6+;. The van der Waals surface area contributed by atoms with Crippen LogP contribution in [0.1, 0.15) is 93.7 Å². The summed E-state index contributed by atoms with van der Waals surface area (Å²) in [6.07, 6.45) is 26.3. The Morgan fingerprint density at radius 2 is 0.642 bits per heavy atom. The predicted molar refractivity (Wildman–Crippen MR) is 280 cm³/mol. The van der Waals surface area contributed by atoms with Crippen LogP contribution in [0, 0.1) is 35.5 Å². The Labute approximate surface area is 415 Å². The molecule has 9 nitrogen and oxygen atoms in total. The van der Waals surface area contributed by atoms with Crippen LogP contribution < -0.4 is 14.7 Å². The summed E-state index contributed by atoms with van der Waals surface area (Å²) >= 11 is 0. The molecule has 3 aromatic carbocycles. The minimum Gasteiger partial charge on any atom is -0.657 e. The molecule has 3 aliphatic heterocycles. The minimum atomic E-state index is -0.214. The van der Waals surface area contributed by atoms with Gasteiger partial charge in [-0.15, -0.1) is 37.8 Å². The summed E-state index contributed by atoms with van der Waals surface area (Å²) in [5, 5.41) is 44.5. The van der Waals surface area contributed by atoms with Crippen molar-refractivity contribution >= 4 is 35.3 Å². The Hall–Kier alpha value is -3.44. The van der Waals surface area contributed by atoms with E-state index < -0.39 is 0 Å². The molecule has 12 unspecified atom stereocenters. The third-order valence-electron chi connectivity index (χ3n) is 15.5. The summed E-state index contributed by atoms with van der Waals surface area (Å²) in [6, 6.07) is 26.5. The van der Waals surface area contributed by atoms with Crippen LogP contribution >= 0.6 is 0 Å². The second-order valence-electron chi connectivity index (χ2n) is 20.6. The van der Waals surface area contributed by atoms with Gasteiger partial charge in [0.05, 0.1) is 0 Å². The number of aliphatic hydroxyl groups excluding tert-OH is 3. The largest absolute Gasteiger partial charge is 3.00 e. The number of fused-ring (bicyclic) bond motifs is 3. The number of benzene rings is 3. The molecule has 3 heterocycles. The third kappa shape index (κ3) is 14.6.